The molecule has 0 aliphatic carbocycles. The number of aromatic nitrogens is 2. The second kappa shape index (κ2) is 11.1. The lowest BCUT2D eigenvalue weighted by molar-refractivity contribution is -0.137. The van der Waals surface area contributed by atoms with Gasteiger partial charge in [-0.2, -0.15) is 0 Å². The molecule has 1 aromatic heterocycles. The SMILES string of the molecule is CCC(CC(=O)O)c1nc2cc(CN3CCN(C(c4ccccc4)c4ccccc4)CC3)ccc2[nH]1. The lowest BCUT2D eigenvalue weighted by Gasteiger charge is -2.39. The maximum atomic E-state index is 11.2. The maximum Gasteiger partial charge on any atom is 0.304 e. The smallest absolute Gasteiger partial charge is 0.304 e. The van der Waals surface area contributed by atoms with Crippen LogP contribution < -0.4 is 0 Å². The van der Waals surface area contributed by atoms with Gasteiger partial charge in [-0.05, 0) is 35.2 Å². The molecule has 5 rings (SSSR count). The molecule has 2 N–H and O–H groups in total. The Kier molecular flexibility index (Phi) is 7.44. The van der Waals surface area contributed by atoms with Crippen molar-refractivity contribution in [1.82, 2.24) is 19.8 Å². The van der Waals surface area contributed by atoms with Gasteiger partial charge in [-0.1, -0.05) is 73.7 Å². The second-order valence-electron chi connectivity index (χ2n) is 9.71. The van der Waals surface area contributed by atoms with E-state index in [0.717, 1.165) is 56.0 Å². The van der Waals surface area contributed by atoms with Crippen LogP contribution in [-0.2, 0) is 11.3 Å². The number of imidazole rings is 1. The van der Waals surface area contributed by atoms with Crippen LogP contribution in [0.15, 0.2) is 78.9 Å². The second-order valence-corrected chi connectivity index (χ2v) is 9.71. The fourth-order valence-corrected chi connectivity index (χ4v) is 5.33. The number of aliphatic carboxylic acids is 1. The van der Waals surface area contributed by atoms with Gasteiger partial charge in [-0.3, -0.25) is 14.6 Å². The van der Waals surface area contributed by atoms with Gasteiger partial charge >= 0.3 is 5.97 Å². The fraction of sp³-hybridized carbons (Fsp3) is 0.333. The molecule has 3 aromatic carbocycles. The number of carboxylic acids is 1. The number of nitrogens with zero attached hydrogens (tertiary/aromatic N) is 3. The lowest BCUT2D eigenvalue weighted by atomic mass is 9.96. The summed E-state index contributed by atoms with van der Waals surface area (Å²) in [7, 11) is 0. The lowest BCUT2D eigenvalue weighted by Crippen LogP contribution is -2.47. The first kappa shape index (κ1) is 24.2. The average molecular weight is 483 g/mol. The molecule has 1 atom stereocenters. The van der Waals surface area contributed by atoms with Gasteiger partial charge in [-0.25, -0.2) is 4.98 Å². The van der Waals surface area contributed by atoms with Gasteiger partial charge < -0.3 is 10.1 Å². The zero-order chi connectivity index (χ0) is 24.9. The zero-order valence-electron chi connectivity index (χ0n) is 20.8. The van der Waals surface area contributed by atoms with E-state index in [1.165, 1.54) is 16.7 Å². The third-order valence-electron chi connectivity index (χ3n) is 7.28. The van der Waals surface area contributed by atoms with Crippen molar-refractivity contribution in [3.63, 3.8) is 0 Å². The quantitative estimate of drug-likeness (QED) is 0.332. The fourth-order valence-electron chi connectivity index (χ4n) is 5.33. The number of aromatic amines is 1. The molecule has 0 amide bonds. The Morgan fingerprint density at radius 1 is 0.944 bits per heavy atom. The Balaban J connectivity index is 1.26. The molecule has 0 bridgehead atoms. The summed E-state index contributed by atoms with van der Waals surface area (Å²) < 4.78 is 0. The van der Waals surface area contributed by atoms with Crippen molar-refractivity contribution < 1.29 is 9.90 Å². The van der Waals surface area contributed by atoms with Crippen LogP contribution in [0.5, 0.6) is 0 Å². The number of rotatable bonds is 9. The molecule has 36 heavy (non-hydrogen) atoms. The third-order valence-corrected chi connectivity index (χ3v) is 7.28. The maximum absolute atomic E-state index is 11.2. The average Bonchev–Trinajstić information content (AvgIpc) is 3.33. The summed E-state index contributed by atoms with van der Waals surface area (Å²) in [6.07, 6.45) is 0.844. The first-order valence-corrected chi connectivity index (χ1v) is 12.9. The van der Waals surface area contributed by atoms with Crippen LogP contribution in [0.25, 0.3) is 11.0 Å². The van der Waals surface area contributed by atoms with Gasteiger partial charge in [0.25, 0.3) is 0 Å². The first-order chi connectivity index (χ1) is 17.6. The number of H-pyrrole nitrogens is 1. The summed E-state index contributed by atoms with van der Waals surface area (Å²) in [6, 6.07) is 28.3. The van der Waals surface area contributed by atoms with Gasteiger partial charge in [0, 0.05) is 38.6 Å². The molecule has 6 nitrogen and oxygen atoms in total. The van der Waals surface area contributed by atoms with Crippen LogP contribution in [-0.4, -0.2) is 57.0 Å². The number of hydrogen-bond donors (Lipinski definition) is 2. The summed E-state index contributed by atoms with van der Waals surface area (Å²) in [5, 5.41) is 9.21. The minimum Gasteiger partial charge on any atom is -0.481 e. The minimum atomic E-state index is -0.788. The molecular formula is C30H34N4O2. The predicted molar refractivity (Wildman–Crippen MR) is 143 cm³/mol. The highest BCUT2D eigenvalue weighted by Crippen LogP contribution is 2.30. The largest absolute Gasteiger partial charge is 0.481 e. The summed E-state index contributed by atoms with van der Waals surface area (Å²) in [4.78, 5) is 24.4. The standard InChI is InChI=1S/C30H34N4O2/c1-2-23(20-28(35)36)30-31-26-14-13-22(19-27(26)32-30)21-33-15-17-34(18-16-33)29(24-9-5-3-6-10-24)25-11-7-4-8-12-25/h3-14,19,23,29H,2,15-18,20-21H2,1H3,(H,31,32)(H,35,36). The number of carboxylic acid groups (broad SMARTS) is 1. The van der Waals surface area contributed by atoms with Crippen LogP contribution >= 0.6 is 0 Å². The normalized spacial score (nSPS) is 15.9. The van der Waals surface area contributed by atoms with Crippen LogP contribution in [0.2, 0.25) is 0 Å². The van der Waals surface area contributed by atoms with Gasteiger partial charge in [-0.15, -0.1) is 0 Å². The molecule has 0 radical (unpaired) electrons. The van der Waals surface area contributed by atoms with Crippen LogP contribution in [0.3, 0.4) is 0 Å². The molecule has 6 heteroatoms. The number of nitrogens with one attached hydrogen (secondary N) is 1. The topological polar surface area (TPSA) is 72.5 Å². The molecule has 4 aromatic rings. The first-order valence-electron chi connectivity index (χ1n) is 12.9. The van der Waals surface area contributed by atoms with E-state index in [9.17, 15) is 9.90 Å². The third kappa shape index (κ3) is 5.50. The number of hydrogen-bond acceptors (Lipinski definition) is 4. The number of piperazine rings is 1. The van der Waals surface area contributed by atoms with Crippen molar-refractivity contribution in [3.05, 3.63) is 101 Å². The Hall–Kier alpha value is -3.48. The van der Waals surface area contributed by atoms with Crippen molar-refractivity contribution in [2.75, 3.05) is 26.2 Å². The Morgan fingerprint density at radius 2 is 1.58 bits per heavy atom. The molecule has 1 fully saturated rings. The van der Waals surface area contributed by atoms with Gasteiger partial charge in [0.1, 0.15) is 5.82 Å². The highest BCUT2D eigenvalue weighted by atomic mass is 16.4. The van der Waals surface area contributed by atoms with Crippen LogP contribution in [0.1, 0.15) is 54.2 Å². The highest BCUT2D eigenvalue weighted by molar-refractivity contribution is 5.76. The van der Waals surface area contributed by atoms with E-state index in [4.69, 9.17) is 4.98 Å². The minimum absolute atomic E-state index is 0.0893. The molecule has 1 aliphatic rings. The van der Waals surface area contributed by atoms with Crippen LogP contribution in [0.4, 0.5) is 0 Å². The molecule has 1 saturated heterocycles. The van der Waals surface area contributed by atoms with Crippen molar-refractivity contribution >= 4 is 17.0 Å². The molecule has 0 spiro atoms. The van der Waals surface area contributed by atoms with Gasteiger partial charge in [0.05, 0.1) is 23.5 Å². The van der Waals surface area contributed by atoms with Gasteiger partial charge in [0.2, 0.25) is 0 Å². The summed E-state index contributed by atoms with van der Waals surface area (Å²) in [5.41, 5.74) is 5.80. The van der Waals surface area contributed by atoms with Crippen molar-refractivity contribution in [2.24, 2.45) is 0 Å². The summed E-state index contributed by atoms with van der Waals surface area (Å²) in [6.45, 7) is 6.94. The predicted octanol–water partition coefficient (Wildman–Crippen LogP) is 5.44. The van der Waals surface area contributed by atoms with E-state index in [2.05, 4.69) is 93.6 Å². The summed E-state index contributed by atoms with van der Waals surface area (Å²) >= 11 is 0. The molecule has 186 valence electrons. The Bertz CT molecular complexity index is 1240. The monoisotopic (exact) mass is 482 g/mol. The molecule has 1 aliphatic heterocycles. The number of carbonyl (C=O) groups is 1. The van der Waals surface area contributed by atoms with E-state index in [-0.39, 0.29) is 18.4 Å². The zero-order valence-corrected chi connectivity index (χ0v) is 20.8. The van der Waals surface area contributed by atoms with Crippen molar-refractivity contribution in [2.45, 2.75) is 38.3 Å². The summed E-state index contributed by atoms with van der Waals surface area (Å²) in [5.74, 6) is -0.106. The van der Waals surface area contributed by atoms with Gasteiger partial charge in [0.15, 0.2) is 0 Å². The molecule has 2 heterocycles. The van der Waals surface area contributed by atoms with Crippen molar-refractivity contribution in [3.8, 4) is 0 Å². The molecule has 0 saturated carbocycles. The van der Waals surface area contributed by atoms with E-state index in [0.29, 0.717) is 0 Å². The molecular weight excluding hydrogens is 448 g/mol. The highest BCUT2D eigenvalue weighted by Gasteiger charge is 2.26. The number of fused-ring (bicyclic) bond motifs is 1. The van der Waals surface area contributed by atoms with E-state index in [1.54, 1.807) is 0 Å². The van der Waals surface area contributed by atoms with E-state index in [1.807, 2.05) is 6.92 Å². The van der Waals surface area contributed by atoms with Crippen LogP contribution in [0, 0.1) is 0 Å². The van der Waals surface area contributed by atoms with E-state index >= 15 is 0 Å². The van der Waals surface area contributed by atoms with E-state index < -0.39 is 5.97 Å². The Morgan fingerprint density at radius 3 is 2.17 bits per heavy atom. The Labute approximate surface area is 212 Å². The van der Waals surface area contributed by atoms with Crippen molar-refractivity contribution in [1.29, 1.82) is 0 Å². The number of benzene rings is 3. The molecule has 1 unspecified atom stereocenters.